The summed E-state index contributed by atoms with van der Waals surface area (Å²) in [6.45, 7) is 2.64. The third kappa shape index (κ3) is 3.77. The molecule has 0 unspecified atom stereocenters. The standard InChI is InChI=1S/C12H14N2O4S/c1-12(2,11(15)16)8-14-19(17,18)10-5-3-9(7-13)4-6-10/h3-6,14H,8H2,1-2H3,(H,15,16). The highest BCUT2D eigenvalue weighted by Gasteiger charge is 2.29. The minimum Gasteiger partial charge on any atom is -0.481 e. The number of nitrogens with one attached hydrogen (secondary N) is 1. The van der Waals surface area contributed by atoms with Crippen molar-refractivity contribution in [1.29, 1.82) is 5.26 Å². The van der Waals surface area contributed by atoms with E-state index in [0.29, 0.717) is 5.56 Å². The van der Waals surface area contributed by atoms with Gasteiger partial charge in [-0.15, -0.1) is 0 Å². The van der Waals surface area contributed by atoms with Crippen molar-refractivity contribution in [2.24, 2.45) is 5.41 Å². The molecule has 0 aromatic heterocycles. The van der Waals surface area contributed by atoms with Crippen molar-refractivity contribution in [1.82, 2.24) is 4.72 Å². The van der Waals surface area contributed by atoms with E-state index < -0.39 is 21.4 Å². The first kappa shape index (κ1) is 15.1. The van der Waals surface area contributed by atoms with Gasteiger partial charge in [-0.3, -0.25) is 4.79 Å². The number of benzene rings is 1. The summed E-state index contributed by atoms with van der Waals surface area (Å²) in [5, 5.41) is 17.5. The number of carboxylic acids is 1. The van der Waals surface area contributed by atoms with Gasteiger partial charge in [-0.05, 0) is 38.1 Å². The molecule has 0 heterocycles. The van der Waals surface area contributed by atoms with E-state index in [0.717, 1.165) is 0 Å². The third-order valence-corrected chi connectivity index (χ3v) is 3.99. The van der Waals surface area contributed by atoms with Crippen molar-refractivity contribution in [3.8, 4) is 6.07 Å². The van der Waals surface area contributed by atoms with Crippen LogP contribution in [-0.2, 0) is 14.8 Å². The second-order valence-electron chi connectivity index (χ2n) is 4.65. The molecule has 0 bridgehead atoms. The topological polar surface area (TPSA) is 107 Å². The van der Waals surface area contributed by atoms with Gasteiger partial charge in [-0.2, -0.15) is 5.26 Å². The monoisotopic (exact) mass is 282 g/mol. The Kier molecular flexibility index (Phi) is 4.29. The lowest BCUT2D eigenvalue weighted by molar-refractivity contribution is -0.146. The molecule has 102 valence electrons. The molecule has 6 nitrogen and oxygen atoms in total. The lowest BCUT2D eigenvalue weighted by Gasteiger charge is -2.19. The first-order chi connectivity index (χ1) is 8.69. The van der Waals surface area contributed by atoms with E-state index in [1.54, 1.807) is 0 Å². The Labute approximate surface area is 111 Å². The molecular formula is C12H14N2O4S. The average Bonchev–Trinajstić information content (AvgIpc) is 2.36. The molecule has 0 amide bonds. The normalized spacial score (nSPS) is 11.8. The number of sulfonamides is 1. The Morgan fingerprint density at radius 3 is 2.32 bits per heavy atom. The molecule has 1 aromatic rings. The summed E-state index contributed by atoms with van der Waals surface area (Å²) in [6, 6.07) is 7.26. The summed E-state index contributed by atoms with van der Waals surface area (Å²) in [5.74, 6) is -1.09. The zero-order valence-electron chi connectivity index (χ0n) is 10.5. The highest BCUT2D eigenvalue weighted by molar-refractivity contribution is 7.89. The molecule has 2 N–H and O–H groups in total. The number of nitriles is 1. The van der Waals surface area contributed by atoms with Crippen LogP contribution >= 0.6 is 0 Å². The Balaban J connectivity index is 2.88. The molecule has 1 rings (SSSR count). The van der Waals surface area contributed by atoms with E-state index in [1.165, 1.54) is 38.1 Å². The molecule has 0 aliphatic carbocycles. The Hall–Kier alpha value is -1.91. The molecule has 0 saturated heterocycles. The van der Waals surface area contributed by atoms with Crippen molar-refractivity contribution in [3.05, 3.63) is 29.8 Å². The van der Waals surface area contributed by atoms with Crippen LogP contribution in [0.5, 0.6) is 0 Å². The highest BCUT2D eigenvalue weighted by atomic mass is 32.2. The van der Waals surface area contributed by atoms with Crippen molar-refractivity contribution < 1.29 is 18.3 Å². The predicted molar refractivity (Wildman–Crippen MR) is 67.8 cm³/mol. The second kappa shape index (κ2) is 5.38. The molecule has 0 aliphatic heterocycles. The van der Waals surface area contributed by atoms with Gasteiger partial charge in [-0.25, -0.2) is 13.1 Å². The number of aliphatic carboxylic acids is 1. The van der Waals surface area contributed by atoms with Crippen molar-refractivity contribution >= 4 is 16.0 Å². The van der Waals surface area contributed by atoms with Gasteiger partial charge in [0.15, 0.2) is 0 Å². The van der Waals surface area contributed by atoms with Crippen LogP contribution in [0.15, 0.2) is 29.2 Å². The van der Waals surface area contributed by atoms with Crippen LogP contribution in [0, 0.1) is 16.7 Å². The lowest BCUT2D eigenvalue weighted by atomic mass is 9.95. The maximum absolute atomic E-state index is 11.9. The fourth-order valence-corrected chi connectivity index (χ4v) is 2.35. The zero-order chi connectivity index (χ0) is 14.7. The first-order valence-electron chi connectivity index (χ1n) is 5.42. The Bertz CT molecular complexity index is 612. The minimum absolute atomic E-state index is 0.00677. The molecule has 19 heavy (non-hydrogen) atoms. The first-order valence-corrected chi connectivity index (χ1v) is 6.90. The fourth-order valence-electron chi connectivity index (χ4n) is 1.14. The molecular weight excluding hydrogens is 268 g/mol. The molecule has 0 aliphatic rings. The molecule has 0 fully saturated rings. The van der Waals surface area contributed by atoms with Crippen LogP contribution in [0.1, 0.15) is 19.4 Å². The van der Waals surface area contributed by atoms with Gasteiger partial charge in [0, 0.05) is 6.54 Å². The zero-order valence-corrected chi connectivity index (χ0v) is 11.4. The predicted octanol–water partition coefficient (Wildman–Crippen LogP) is 0.947. The molecule has 1 aromatic carbocycles. The molecule has 0 atom stereocenters. The van der Waals surface area contributed by atoms with Gasteiger partial charge in [0.05, 0.1) is 21.9 Å². The maximum atomic E-state index is 11.9. The van der Waals surface area contributed by atoms with E-state index in [1.807, 2.05) is 6.07 Å². The summed E-state index contributed by atoms with van der Waals surface area (Å²) in [7, 11) is -3.77. The van der Waals surface area contributed by atoms with E-state index in [4.69, 9.17) is 10.4 Å². The number of nitrogens with zero attached hydrogens (tertiary/aromatic N) is 1. The average molecular weight is 282 g/mol. The fraction of sp³-hybridized carbons (Fsp3) is 0.333. The van der Waals surface area contributed by atoms with Crippen LogP contribution in [-0.4, -0.2) is 26.0 Å². The number of carbonyl (C=O) groups is 1. The van der Waals surface area contributed by atoms with Crippen molar-refractivity contribution in [2.45, 2.75) is 18.7 Å². The van der Waals surface area contributed by atoms with E-state index in [-0.39, 0.29) is 11.4 Å². The highest BCUT2D eigenvalue weighted by Crippen LogP contribution is 2.16. The van der Waals surface area contributed by atoms with Crippen LogP contribution < -0.4 is 4.72 Å². The van der Waals surface area contributed by atoms with Gasteiger partial charge in [0.1, 0.15) is 0 Å². The van der Waals surface area contributed by atoms with Crippen LogP contribution in [0.4, 0.5) is 0 Å². The van der Waals surface area contributed by atoms with Gasteiger partial charge in [0.25, 0.3) is 0 Å². The van der Waals surface area contributed by atoms with E-state index in [9.17, 15) is 13.2 Å². The van der Waals surface area contributed by atoms with Gasteiger partial charge >= 0.3 is 5.97 Å². The minimum atomic E-state index is -3.77. The lowest BCUT2D eigenvalue weighted by Crippen LogP contribution is -2.38. The number of carboxylic acid groups (broad SMARTS) is 1. The van der Waals surface area contributed by atoms with Crippen LogP contribution in [0.2, 0.25) is 0 Å². The smallest absolute Gasteiger partial charge is 0.310 e. The molecule has 0 radical (unpaired) electrons. The molecule has 7 heteroatoms. The van der Waals surface area contributed by atoms with Gasteiger partial charge in [-0.1, -0.05) is 0 Å². The number of hydrogen-bond acceptors (Lipinski definition) is 4. The van der Waals surface area contributed by atoms with Crippen molar-refractivity contribution in [3.63, 3.8) is 0 Å². The SMILES string of the molecule is CC(C)(CNS(=O)(=O)c1ccc(C#N)cc1)C(=O)O. The summed E-state index contributed by atoms with van der Waals surface area (Å²) < 4.78 is 26.1. The van der Waals surface area contributed by atoms with Crippen molar-refractivity contribution in [2.75, 3.05) is 6.54 Å². The quantitative estimate of drug-likeness (QED) is 0.836. The summed E-state index contributed by atoms with van der Waals surface area (Å²) in [5.41, 5.74) is -0.843. The maximum Gasteiger partial charge on any atom is 0.310 e. The Morgan fingerprint density at radius 2 is 1.89 bits per heavy atom. The summed E-state index contributed by atoms with van der Waals surface area (Å²) in [4.78, 5) is 10.9. The summed E-state index contributed by atoms with van der Waals surface area (Å²) in [6.07, 6.45) is 0. The van der Waals surface area contributed by atoms with Crippen LogP contribution in [0.3, 0.4) is 0 Å². The molecule has 0 spiro atoms. The second-order valence-corrected chi connectivity index (χ2v) is 6.42. The number of hydrogen-bond donors (Lipinski definition) is 2. The van der Waals surface area contributed by atoms with Gasteiger partial charge in [0.2, 0.25) is 10.0 Å². The van der Waals surface area contributed by atoms with E-state index >= 15 is 0 Å². The number of rotatable bonds is 5. The van der Waals surface area contributed by atoms with E-state index in [2.05, 4.69) is 4.72 Å². The van der Waals surface area contributed by atoms with Crippen LogP contribution in [0.25, 0.3) is 0 Å². The third-order valence-electron chi connectivity index (χ3n) is 2.58. The van der Waals surface area contributed by atoms with Gasteiger partial charge < -0.3 is 5.11 Å². The molecule has 0 saturated carbocycles. The largest absolute Gasteiger partial charge is 0.481 e. The summed E-state index contributed by atoms with van der Waals surface area (Å²) >= 11 is 0. The Morgan fingerprint density at radius 1 is 1.37 bits per heavy atom.